The second-order valence-corrected chi connectivity index (χ2v) is 11.0. The van der Waals surface area contributed by atoms with Crippen LogP contribution in [0.1, 0.15) is 43.1 Å². The number of imidazole rings is 1. The second kappa shape index (κ2) is 12.5. The van der Waals surface area contributed by atoms with Crippen molar-refractivity contribution in [2.75, 3.05) is 44.8 Å². The zero-order valence-electron chi connectivity index (χ0n) is 21.7. The summed E-state index contributed by atoms with van der Waals surface area (Å²) < 4.78 is 52.3. The van der Waals surface area contributed by atoms with E-state index >= 15 is 0 Å². The Hall–Kier alpha value is -3.22. The van der Waals surface area contributed by atoms with Gasteiger partial charge in [-0.3, -0.25) is 9.20 Å². The van der Waals surface area contributed by atoms with Gasteiger partial charge in [-0.2, -0.15) is 12.7 Å². The van der Waals surface area contributed by atoms with Crippen LogP contribution in [-0.4, -0.2) is 74.0 Å². The normalized spacial score (nSPS) is 16.4. The Balaban J connectivity index is 0.000000204. The van der Waals surface area contributed by atoms with E-state index in [-0.39, 0.29) is 24.2 Å². The second-order valence-electron chi connectivity index (χ2n) is 9.19. The Morgan fingerprint density at radius 1 is 1.16 bits per heavy atom. The van der Waals surface area contributed by atoms with Gasteiger partial charge in [0, 0.05) is 45.7 Å². The van der Waals surface area contributed by atoms with Gasteiger partial charge in [-0.25, -0.2) is 14.1 Å². The molecule has 0 unspecified atom stereocenters. The summed E-state index contributed by atoms with van der Waals surface area (Å²) in [7, 11) is -2.44. The van der Waals surface area contributed by atoms with Crippen molar-refractivity contribution in [3.8, 4) is 5.75 Å². The van der Waals surface area contributed by atoms with E-state index in [9.17, 15) is 17.6 Å². The first-order valence-electron chi connectivity index (χ1n) is 12.8. The fraction of sp³-hybridized carbons (Fsp3) is 0.462. The first kappa shape index (κ1) is 27.8. The maximum absolute atomic E-state index is 12.6. The van der Waals surface area contributed by atoms with E-state index in [1.54, 1.807) is 23.5 Å². The number of nitrogens with zero attached hydrogens (tertiary/aromatic N) is 4. The van der Waals surface area contributed by atoms with Crippen LogP contribution in [-0.2, 0) is 14.9 Å². The van der Waals surface area contributed by atoms with Crippen LogP contribution in [0.15, 0.2) is 48.8 Å². The average Bonchev–Trinajstić information content (AvgIpc) is 3.60. The van der Waals surface area contributed by atoms with Crippen molar-refractivity contribution in [2.24, 2.45) is 0 Å². The SMILES string of the molecule is CCN(C)S(=O)(=O)NC(=O)c1cnc2ccc(N3CCCC3)cn12.Fc1ccc(OC2CCOCC2)cc1. The lowest BCUT2D eigenvalue weighted by molar-refractivity contribution is 0.0255. The van der Waals surface area contributed by atoms with Crippen LogP contribution in [0.3, 0.4) is 0 Å². The number of nitrogens with one attached hydrogen (secondary N) is 1. The van der Waals surface area contributed by atoms with Gasteiger partial charge in [0.05, 0.1) is 25.1 Å². The highest BCUT2D eigenvalue weighted by molar-refractivity contribution is 7.87. The summed E-state index contributed by atoms with van der Waals surface area (Å²) in [6, 6.07) is 9.94. The zero-order valence-corrected chi connectivity index (χ0v) is 22.5. The van der Waals surface area contributed by atoms with Gasteiger partial charge in [-0.05, 0) is 49.2 Å². The lowest BCUT2D eigenvalue weighted by atomic mass is 10.1. The molecule has 4 heterocycles. The molecule has 2 fully saturated rings. The lowest BCUT2D eigenvalue weighted by Crippen LogP contribution is -2.41. The van der Waals surface area contributed by atoms with E-state index in [1.807, 2.05) is 18.3 Å². The van der Waals surface area contributed by atoms with Crippen molar-refractivity contribution in [1.82, 2.24) is 18.4 Å². The van der Waals surface area contributed by atoms with Gasteiger partial charge in [0.15, 0.2) is 0 Å². The molecule has 3 aromatic rings. The maximum Gasteiger partial charge on any atom is 0.303 e. The van der Waals surface area contributed by atoms with E-state index in [4.69, 9.17) is 9.47 Å². The highest BCUT2D eigenvalue weighted by Crippen LogP contribution is 2.22. The minimum absolute atomic E-state index is 0.194. The minimum Gasteiger partial charge on any atom is -0.490 e. The third-order valence-electron chi connectivity index (χ3n) is 6.56. The molecule has 5 rings (SSSR count). The number of ether oxygens (including phenoxy) is 2. The van der Waals surface area contributed by atoms with Crippen molar-refractivity contribution in [3.05, 3.63) is 60.3 Å². The summed E-state index contributed by atoms with van der Waals surface area (Å²) >= 11 is 0. The molecule has 1 N–H and O–H groups in total. The molecule has 38 heavy (non-hydrogen) atoms. The number of rotatable bonds is 7. The summed E-state index contributed by atoms with van der Waals surface area (Å²) in [4.78, 5) is 18.8. The topological polar surface area (TPSA) is 105 Å². The van der Waals surface area contributed by atoms with Crippen LogP contribution >= 0.6 is 0 Å². The van der Waals surface area contributed by atoms with Crippen LogP contribution in [0, 0.1) is 5.82 Å². The average molecular weight is 548 g/mol. The van der Waals surface area contributed by atoms with Crippen LogP contribution in [0.25, 0.3) is 5.65 Å². The molecule has 0 spiro atoms. The zero-order chi connectivity index (χ0) is 27.1. The van der Waals surface area contributed by atoms with Gasteiger partial charge >= 0.3 is 10.2 Å². The summed E-state index contributed by atoms with van der Waals surface area (Å²) in [5, 5.41) is 0. The van der Waals surface area contributed by atoms with E-state index in [2.05, 4.69) is 14.6 Å². The number of amides is 1. The predicted molar refractivity (Wildman–Crippen MR) is 142 cm³/mol. The molecule has 2 saturated heterocycles. The molecule has 10 nitrogen and oxygen atoms in total. The molecule has 0 saturated carbocycles. The molecular formula is C26H34FN5O5S. The molecule has 0 bridgehead atoms. The summed E-state index contributed by atoms with van der Waals surface area (Å²) in [6.07, 6.45) is 7.57. The van der Waals surface area contributed by atoms with E-state index < -0.39 is 16.1 Å². The fourth-order valence-corrected chi connectivity index (χ4v) is 5.05. The molecular weight excluding hydrogens is 513 g/mol. The number of carbonyl (C=O) groups excluding carboxylic acids is 1. The number of aromatic nitrogens is 2. The Kier molecular flexibility index (Phi) is 9.18. The van der Waals surface area contributed by atoms with Gasteiger partial charge in [-0.15, -0.1) is 0 Å². The molecule has 0 atom stereocenters. The Labute approximate surface area is 222 Å². The number of hydrogen-bond acceptors (Lipinski definition) is 7. The van der Waals surface area contributed by atoms with Gasteiger partial charge in [0.1, 0.15) is 29.0 Å². The number of benzene rings is 1. The maximum atomic E-state index is 12.6. The van der Waals surface area contributed by atoms with E-state index in [1.165, 1.54) is 25.4 Å². The third kappa shape index (κ3) is 7.00. The molecule has 1 aromatic carbocycles. The lowest BCUT2D eigenvalue weighted by Gasteiger charge is -2.23. The number of carbonyl (C=O) groups is 1. The van der Waals surface area contributed by atoms with E-state index in [0.717, 1.165) is 67.7 Å². The Morgan fingerprint density at radius 3 is 2.50 bits per heavy atom. The first-order chi connectivity index (χ1) is 18.3. The summed E-state index contributed by atoms with van der Waals surface area (Å²) in [6.45, 7) is 5.45. The standard InChI is InChI=1S/C15H21N5O3S.C11H13FO2/c1-3-18(2)24(22,23)17-15(21)13-10-16-14-7-6-12(11-20(13)14)19-8-4-5-9-19;12-9-1-3-10(4-2-9)14-11-5-7-13-8-6-11/h6-7,10-11H,3-5,8-9H2,1-2H3,(H,17,21);1-4,11H,5-8H2. The van der Waals surface area contributed by atoms with Crippen LogP contribution in [0.2, 0.25) is 0 Å². The molecule has 2 aliphatic heterocycles. The number of anilines is 1. The summed E-state index contributed by atoms with van der Waals surface area (Å²) in [5.41, 5.74) is 1.80. The van der Waals surface area contributed by atoms with E-state index in [0.29, 0.717) is 5.65 Å². The molecule has 0 radical (unpaired) electrons. The van der Waals surface area contributed by atoms with Crippen LogP contribution < -0.4 is 14.4 Å². The molecule has 12 heteroatoms. The smallest absolute Gasteiger partial charge is 0.303 e. The molecule has 206 valence electrons. The summed E-state index contributed by atoms with van der Waals surface area (Å²) in [5.74, 6) is -0.191. The third-order valence-corrected chi connectivity index (χ3v) is 8.08. The highest BCUT2D eigenvalue weighted by atomic mass is 32.2. The fourth-order valence-electron chi connectivity index (χ4n) is 4.22. The molecule has 1 amide bonds. The number of hydrogen-bond donors (Lipinski definition) is 1. The number of fused-ring (bicyclic) bond motifs is 1. The predicted octanol–water partition coefficient (Wildman–Crippen LogP) is 3.24. The first-order valence-corrected chi connectivity index (χ1v) is 14.2. The number of pyridine rings is 1. The van der Waals surface area contributed by atoms with Gasteiger partial charge < -0.3 is 14.4 Å². The van der Waals surface area contributed by atoms with Gasteiger partial charge in [0.25, 0.3) is 5.91 Å². The van der Waals surface area contributed by atoms with Gasteiger partial charge in [0.2, 0.25) is 0 Å². The Morgan fingerprint density at radius 2 is 1.84 bits per heavy atom. The molecule has 2 aliphatic rings. The van der Waals surface area contributed by atoms with Crippen molar-refractivity contribution >= 4 is 27.5 Å². The van der Waals surface area contributed by atoms with Crippen LogP contribution in [0.5, 0.6) is 5.75 Å². The van der Waals surface area contributed by atoms with Gasteiger partial charge in [-0.1, -0.05) is 6.92 Å². The minimum atomic E-state index is -3.85. The molecule has 0 aliphatic carbocycles. The van der Waals surface area contributed by atoms with Crippen molar-refractivity contribution in [2.45, 2.75) is 38.7 Å². The number of halogens is 1. The van der Waals surface area contributed by atoms with Crippen LogP contribution in [0.4, 0.5) is 10.1 Å². The quantitative estimate of drug-likeness (QED) is 0.484. The largest absolute Gasteiger partial charge is 0.490 e. The monoisotopic (exact) mass is 547 g/mol. The van der Waals surface area contributed by atoms with Crippen molar-refractivity contribution in [1.29, 1.82) is 0 Å². The highest BCUT2D eigenvalue weighted by Gasteiger charge is 2.23. The van der Waals surface area contributed by atoms with Crippen molar-refractivity contribution in [3.63, 3.8) is 0 Å². The Bertz CT molecular complexity index is 1320. The van der Waals surface area contributed by atoms with Crippen molar-refractivity contribution < 1.29 is 27.1 Å². The molecule has 2 aromatic heterocycles.